The van der Waals surface area contributed by atoms with Gasteiger partial charge in [0.15, 0.2) is 0 Å². The van der Waals surface area contributed by atoms with Gasteiger partial charge in [-0.25, -0.2) is 0 Å². The SMILES string of the molecule is CCO[C@@H]1C[C@@H](Nc2ccnc(C(N)=O)c2)C12CCOCC2. The monoisotopic (exact) mass is 305 g/mol. The molecule has 3 N–H and O–H groups in total. The number of nitrogens with two attached hydrogens (primary N) is 1. The quantitative estimate of drug-likeness (QED) is 0.862. The summed E-state index contributed by atoms with van der Waals surface area (Å²) in [5, 5.41) is 3.54. The van der Waals surface area contributed by atoms with Crippen molar-refractivity contribution < 1.29 is 14.3 Å². The summed E-state index contributed by atoms with van der Waals surface area (Å²) in [4.78, 5) is 15.2. The highest BCUT2D eigenvalue weighted by Gasteiger charge is 2.56. The van der Waals surface area contributed by atoms with Gasteiger partial charge in [0.1, 0.15) is 5.69 Å². The average molecular weight is 305 g/mol. The maximum Gasteiger partial charge on any atom is 0.267 e. The van der Waals surface area contributed by atoms with Gasteiger partial charge in [-0.3, -0.25) is 9.78 Å². The van der Waals surface area contributed by atoms with Gasteiger partial charge in [-0.1, -0.05) is 0 Å². The third-order valence-corrected chi connectivity index (χ3v) is 4.93. The normalized spacial score (nSPS) is 26.4. The third kappa shape index (κ3) is 2.68. The standard InChI is InChI=1S/C16H23N3O3/c1-2-22-14-10-13(16(14)4-7-21-8-5-16)19-11-3-6-18-12(9-11)15(17)20/h3,6,9,13-14H,2,4-5,7-8,10H2,1H3,(H2,17,20)(H,18,19)/t13-,14-/m1/s1. The molecule has 22 heavy (non-hydrogen) atoms. The number of pyridine rings is 1. The Hall–Kier alpha value is -1.66. The van der Waals surface area contributed by atoms with Crippen LogP contribution in [0.2, 0.25) is 0 Å². The first-order valence-corrected chi connectivity index (χ1v) is 7.87. The fourth-order valence-corrected chi connectivity index (χ4v) is 3.66. The topological polar surface area (TPSA) is 86.5 Å². The van der Waals surface area contributed by atoms with Crippen molar-refractivity contribution in [2.24, 2.45) is 11.1 Å². The first-order valence-electron chi connectivity index (χ1n) is 7.87. The highest BCUT2D eigenvalue weighted by atomic mass is 16.5. The summed E-state index contributed by atoms with van der Waals surface area (Å²) in [5.41, 5.74) is 6.59. The zero-order valence-corrected chi connectivity index (χ0v) is 12.9. The fourth-order valence-electron chi connectivity index (χ4n) is 3.66. The second kappa shape index (κ2) is 6.22. The molecule has 1 aliphatic heterocycles. The van der Waals surface area contributed by atoms with E-state index < -0.39 is 5.91 Å². The van der Waals surface area contributed by atoms with Gasteiger partial charge in [0.25, 0.3) is 5.91 Å². The van der Waals surface area contributed by atoms with E-state index in [9.17, 15) is 4.79 Å². The van der Waals surface area contributed by atoms with Gasteiger partial charge >= 0.3 is 0 Å². The van der Waals surface area contributed by atoms with Gasteiger partial charge in [0, 0.05) is 43.2 Å². The van der Waals surface area contributed by atoms with Gasteiger partial charge in [-0.2, -0.15) is 0 Å². The van der Waals surface area contributed by atoms with E-state index in [1.807, 2.05) is 13.0 Å². The van der Waals surface area contributed by atoms with Crippen molar-refractivity contribution in [1.82, 2.24) is 4.98 Å². The van der Waals surface area contributed by atoms with E-state index in [2.05, 4.69) is 10.3 Å². The van der Waals surface area contributed by atoms with Crippen LogP contribution >= 0.6 is 0 Å². The minimum atomic E-state index is -0.509. The molecule has 3 rings (SSSR count). The van der Waals surface area contributed by atoms with E-state index in [4.69, 9.17) is 15.2 Å². The first-order chi connectivity index (χ1) is 10.7. The van der Waals surface area contributed by atoms with E-state index in [0.717, 1.165) is 44.8 Å². The summed E-state index contributed by atoms with van der Waals surface area (Å²) in [6, 6.07) is 3.91. The lowest BCUT2D eigenvalue weighted by atomic mass is 9.57. The number of ether oxygens (including phenoxy) is 2. The number of carbonyl (C=O) groups excluding carboxylic acids is 1. The van der Waals surface area contributed by atoms with Crippen LogP contribution in [0.3, 0.4) is 0 Å². The molecule has 1 saturated heterocycles. The highest BCUT2D eigenvalue weighted by molar-refractivity contribution is 5.91. The Kier molecular flexibility index (Phi) is 4.31. The number of amides is 1. The summed E-state index contributed by atoms with van der Waals surface area (Å²) in [6.45, 7) is 4.34. The zero-order valence-electron chi connectivity index (χ0n) is 12.9. The molecule has 0 bridgehead atoms. The summed E-state index contributed by atoms with van der Waals surface area (Å²) >= 11 is 0. The predicted molar refractivity (Wildman–Crippen MR) is 82.7 cm³/mol. The van der Waals surface area contributed by atoms with E-state index >= 15 is 0 Å². The highest BCUT2D eigenvalue weighted by Crippen LogP contribution is 2.51. The number of anilines is 1. The largest absolute Gasteiger partial charge is 0.381 e. The van der Waals surface area contributed by atoms with E-state index in [0.29, 0.717) is 6.04 Å². The Labute approximate surface area is 130 Å². The Bertz CT molecular complexity index is 543. The lowest BCUT2D eigenvalue weighted by Gasteiger charge is -2.57. The van der Waals surface area contributed by atoms with Crippen molar-refractivity contribution in [3.8, 4) is 0 Å². The van der Waals surface area contributed by atoms with Crippen LogP contribution in [0.5, 0.6) is 0 Å². The van der Waals surface area contributed by atoms with Crippen LogP contribution in [0.1, 0.15) is 36.7 Å². The number of primary amides is 1. The Morgan fingerprint density at radius 2 is 2.32 bits per heavy atom. The molecule has 1 aromatic heterocycles. The zero-order chi connectivity index (χ0) is 15.6. The number of hydrogen-bond donors (Lipinski definition) is 2. The van der Waals surface area contributed by atoms with Gasteiger partial charge in [-0.05, 0) is 38.3 Å². The van der Waals surface area contributed by atoms with Crippen molar-refractivity contribution >= 4 is 11.6 Å². The molecule has 1 spiro atoms. The Morgan fingerprint density at radius 1 is 1.55 bits per heavy atom. The van der Waals surface area contributed by atoms with Crippen molar-refractivity contribution in [3.05, 3.63) is 24.0 Å². The summed E-state index contributed by atoms with van der Waals surface area (Å²) in [5.74, 6) is -0.509. The van der Waals surface area contributed by atoms with E-state index in [1.165, 1.54) is 0 Å². The first kappa shape index (κ1) is 15.2. The molecular weight excluding hydrogens is 282 g/mol. The van der Waals surface area contributed by atoms with Crippen LogP contribution in [0.25, 0.3) is 0 Å². The third-order valence-electron chi connectivity index (χ3n) is 4.93. The van der Waals surface area contributed by atoms with Gasteiger partial charge in [-0.15, -0.1) is 0 Å². The second-order valence-electron chi connectivity index (χ2n) is 6.02. The number of aromatic nitrogens is 1. The van der Waals surface area contributed by atoms with E-state index in [1.54, 1.807) is 12.3 Å². The van der Waals surface area contributed by atoms with Crippen LogP contribution in [-0.4, -0.2) is 42.9 Å². The molecule has 1 aromatic rings. The lowest BCUT2D eigenvalue weighted by Crippen LogP contribution is -2.63. The van der Waals surface area contributed by atoms with Gasteiger partial charge in [0.05, 0.1) is 6.10 Å². The summed E-state index contributed by atoms with van der Waals surface area (Å²) < 4.78 is 11.4. The number of rotatable bonds is 5. The molecule has 2 atom stereocenters. The van der Waals surface area contributed by atoms with Gasteiger partial charge < -0.3 is 20.5 Å². The molecule has 6 nitrogen and oxygen atoms in total. The molecule has 0 unspecified atom stereocenters. The molecule has 2 aliphatic rings. The molecule has 1 amide bonds. The van der Waals surface area contributed by atoms with E-state index in [-0.39, 0.29) is 17.2 Å². The summed E-state index contributed by atoms with van der Waals surface area (Å²) in [7, 11) is 0. The maximum absolute atomic E-state index is 11.3. The predicted octanol–water partition coefficient (Wildman–Crippen LogP) is 1.57. The van der Waals surface area contributed by atoms with Crippen molar-refractivity contribution in [3.63, 3.8) is 0 Å². The van der Waals surface area contributed by atoms with Crippen LogP contribution in [0, 0.1) is 5.41 Å². The molecule has 2 heterocycles. The Morgan fingerprint density at radius 3 is 3.00 bits per heavy atom. The van der Waals surface area contributed by atoms with Crippen molar-refractivity contribution in [1.29, 1.82) is 0 Å². The molecule has 0 aromatic carbocycles. The van der Waals surface area contributed by atoms with Crippen LogP contribution in [-0.2, 0) is 9.47 Å². The van der Waals surface area contributed by atoms with Crippen LogP contribution in [0.4, 0.5) is 5.69 Å². The molecule has 6 heteroatoms. The minimum Gasteiger partial charge on any atom is -0.381 e. The molecule has 1 aliphatic carbocycles. The van der Waals surface area contributed by atoms with Crippen LogP contribution < -0.4 is 11.1 Å². The number of hydrogen-bond acceptors (Lipinski definition) is 5. The van der Waals surface area contributed by atoms with Crippen molar-refractivity contribution in [2.45, 2.75) is 38.3 Å². The van der Waals surface area contributed by atoms with Crippen molar-refractivity contribution in [2.75, 3.05) is 25.1 Å². The smallest absolute Gasteiger partial charge is 0.267 e. The van der Waals surface area contributed by atoms with Crippen LogP contribution in [0.15, 0.2) is 18.3 Å². The maximum atomic E-state index is 11.3. The second-order valence-corrected chi connectivity index (χ2v) is 6.02. The average Bonchev–Trinajstić information content (AvgIpc) is 2.55. The summed E-state index contributed by atoms with van der Waals surface area (Å²) in [6.07, 6.45) is 4.88. The molecule has 1 saturated carbocycles. The van der Waals surface area contributed by atoms with Gasteiger partial charge in [0.2, 0.25) is 0 Å². The molecule has 120 valence electrons. The number of nitrogens with one attached hydrogen (secondary N) is 1. The molecular formula is C16H23N3O3. The number of carbonyl (C=O) groups is 1. The molecule has 2 fully saturated rings. The fraction of sp³-hybridized carbons (Fsp3) is 0.625. The minimum absolute atomic E-state index is 0.129. The Balaban J connectivity index is 1.74. The number of nitrogens with zero attached hydrogens (tertiary/aromatic N) is 1. The lowest BCUT2D eigenvalue weighted by molar-refractivity contribution is -0.159. The molecule has 0 radical (unpaired) electrons.